The van der Waals surface area contributed by atoms with Gasteiger partial charge < -0.3 is 14.8 Å². The van der Waals surface area contributed by atoms with Gasteiger partial charge in [-0.05, 0) is 48.5 Å². The number of carbonyl (C=O) groups is 1. The molecule has 1 amide bonds. The summed E-state index contributed by atoms with van der Waals surface area (Å²) in [6, 6.07) is 19.7. The second kappa shape index (κ2) is 9.10. The van der Waals surface area contributed by atoms with Crippen LogP contribution in [0.15, 0.2) is 77.7 Å². The Morgan fingerprint density at radius 2 is 1.81 bits per heavy atom. The summed E-state index contributed by atoms with van der Waals surface area (Å²) < 4.78 is 38.7. The smallest absolute Gasteiger partial charge is 0.264 e. The number of nitrogens with one attached hydrogen (secondary N) is 1. The van der Waals surface area contributed by atoms with Crippen LogP contribution in [0.5, 0.6) is 11.5 Å². The van der Waals surface area contributed by atoms with Crippen molar-refractivity contribution in [1.82, 2.24) is 5.32 Å². The number of sulfonamides is 1. The molecule has 4 rings (SSSR count). The van der Waals surface area contributed by atoms with Crippen molar-refractivity contribution >= 4 is 33.2 Å². The number of hydrogen-bond donors (Lipinski definition) is 1. The van der Waals surface area contributed by atoms with Crippen molar-refractivity contribution in [2.24, 2.45) is 0 Å². The molecule has 0 fully saturated rings. The summed E-state index contributed by atoms with van der Waals surface area (Å²) >= 11 is 5.99. The highest BCUT2D eigenvalue weighted by molar-refractivity contribution is 7.92. The molecule has 0 aromatic heterocycles. The molecule has 7 nitrogen and oxygen atoms in total. The van der Waals surface area contributed by atoms with Crippen molar-refractivity contribution in [2.45, 2.75) is 11.0 Å². The molecule has 0 spiro atoms. The minimum absolute atomic E-state index is 0.00111. The molecule has 1 atom stereocenters. The van der Waals surface area contributed by atoms with Crippen molar-refractivity contribution in [3.8, 4) is 11.5 Å². The van der Waals surface area contributed by atoms with Crippen LogP contribution in [-0.4, -0.2) is 40.6 Å². The maximum absolute atomic E-state index is 13.1. The molecule has 9 heteroatoms. The Morgan fingerprint density at radius 1 is 1.06 bits per heavy atom. The highest BCUT2D eigenvalue weighted by Crippen LogP contribution is 2.30. The standard InChI is InChI=1S/C23H21ClN2O5S/c1-26(18-8-5-7-17(24)13-18)32(28,29)20-9-4-6-16(12-20)23(27)25-14-19-15-30-21-10-2-3-11-22(21)31-19/h2-13,19H,14-15H2,1H3,(H,25,27). The second-order valence-corrected chi connectivity index (χ2v) is 9.59. The van der Waals surface area contributed by atoms with Gasteiger partial charge in [-0.15, -0.1) is 0 Å². The van der Waals surface area contributed by atoms with Crippen molar-refractivity contribution < 1.29 is 22.7 Å². The number of carbonyl (C=O) groups excluding carboxylic acids is 1. The molecular weight excluding hydrogens is 452 g/mol. The number of benzene rings is 3. The highest BCUT2D eigenvalue weighted by atomic mass is 35.5. The zero-order chi connectivity index (χ0) is 22.7. The van der Waals surface area contributed by atoms with E-state index in [1.807, 2.05) is 18.2 Å². The number of fused-ring (bicyclic) bond motifs is 1. The van der Waals surface area contributed by atoms with E-state index in [1.165, 1.54) is 25.2 Å². The first kappa shape index (κ1) is 22.0. The molecule has 3 aromatic rings. The molecule has 0 radical (unpaired) electrons. The van der Waals surface area contributed by atoms with Crippen LogP contribution in [0.4, 0.5) is 5.69 Å². The Hall–Kier alpha value is -3.23. The Bertz CT molecular complexity index is 1250. The van der Waals surface area contributed by atoms with Gasteiger partial charge in [-0.2, -0.15) is 0 Å². The summed E-state index contributed by atoms with van der Waals surface area (Å²) in [5.41, 5.74) is 0.643. The van der Waals surface area contributed by atoms with Gasteiger partial charge in [0.25, 0.3) is 15.9 Å². The molecule has 1 aliphatic rings. The van der Waals surface area contributed by atoms with E-state index in [9.17, 15) is 13.2 Å². The van der Waals surface area contributed by atoms with E-state index < -0.39 is 15.9 Å². The highest BCUT2D eigenvalue weighted by Gasteiger charge is 2.24. The first-order valence-corrected chi connectivity index (χ1v) is 11.7. The van der Waals surface area contributed by atoms with E-state index >= 15 is 0 Å². The average molecular weight is 473 g/mol. The van der Waals surface area contributed by atoms with Crippen LogP contribution in [0.3, 0.4) is 0 Å². The number of hydrogen-bond acceptors (Lipinski definition) is 5. The van der Waals surface area contributed by atoms with Gasteiger partial charge in [0, 0.05) is 17.6 Å². The fourth-order valence-corrected chi connectivity index (χ4v) is 4.66. The predicted molar refractivity (Wildman–Crippen MR) is 122 cm³/mol. The fourth-order valence-electron chi connectivity index (χ4n) is 3.24. The summed E-state index contributed by atoms with van der Waals surface area (Å²) in [5.74, 6) is 0.877. The lowest BCUT2D eigenvalue weighted by atomic mass is 10.2. The van der Waals surface area contributed by atoms with E-state index in [0.29, 0.717) is 28.8 Å². The Morgan fingerprint density at radius 3 is 2.59 bits per heavy atom. The lowest BCUT2D eigenvalue weighted by molar-refractivity contribution is 0.0789. The van der Waals surface area contributed by atoms with Gasteiger partial charge in [0.15, 0.2) is 11.5 Å². The lowest BCUT2D eigenvalue weighted by Gasteiger charge is -2.26. The SMILES string of the molecule is CN(c1cccc(Cl)c1)S(=O)(=O)c1cccc(C(=O)NCC2COc3ccccc3O2)c1. The molecule has 1 heterocycles. The van der Waals surface area contributed by atoms with E-state index in [0.717, 1.165) is 4.31 Å². The summed E-state index contributed by atoms with van der Waals surface area (Å²) in [5, 5.41) is 3.20. The number of anilines is 1. The second-order valence-electron chi connectivity index (χ2n) is 7.19. The predicted octanol–water partition coefficient (Wildman–Crippen LogP) is 3.73. The number of ether oxygens (including phenoxy) is 2. The van der Waals surface area contributed by atoms with Gasteiger partial charge in [0.1, 0.15) is 12.7 Å². The normalized spacial score (nSPS) is 15.1. The minimum Gasteiger partial charge on any atom is -0.486 e. The van der Waals surface area contributed by atoms with Gasteiger partial charge in [-0.3, -0.25) is 9.10 Å². The molecule has 1 N–H and O–H groups in total. The van der Waals surface area contributed by atoms with Crippen molar-refractivity contribution in [1.29, 1.82) is 0 Å². The van der Waals surface area contributed by atoms with Gasteiger partial charge in [0.2, 0.25) is 0 Å². The number of halogens is 1. The van der Waals surface area contributed by atoms with Crippen molar-refractivity contribution in [3.05, 3.63) is 83.4 Å². The maximum Gasteiger partial charge on any atom is 0.264 e. The van der Waals surface area contributed by atoms with Crippen LogP contribution in [0.2, 0.25) is 5.02 Å². The first-order chi connectivity index (χ1) is 15.3. The van der Waals surface area contributed by atoms with Crippen LogP contribution in [0, 0.1) is 0 Å². The van der Waals surface area contributed by atoms with Gasteiger partial charge in [-0.1, -0.05) is 35.9 Å². The molecule has 166 valence electrons. The van der Waals surface area contributed by atoms with Crippen LogP contribution in [0.25, 0.3) is 0 Å². The lowest BCUT2D eigenvalue weighted by Crippen LogP contribution is -2.40. The molecule has 1 aliphatic heterocycles. The van der Waals surface area contributed by atoms with E-state index in [-0.39, 0.29) is 23.1 Å². The summed E-state index contributed by atoms with van der Waals surface area (Å²) in [6.07, 6.45) is -0.352. The molecular formula is C23H21ClN2O5S. The molecule has 0 aliphatic carbocycles. The minimum atomic E-state index is -3.88. The van der Waals surface area contributed by atoms with E-state index in [2.05, 4.69) is 5.32 Å². The Labute approximate surface area is 191 Å². The van der Waals surface area contributed by atoms with Crippen LogP contribution in [-0.2, 0) is 10.0 Å². The Balaban J connectivity index is 1.45. The number of amides is 1. The van der Waals surface area contributed by atoms with Crippen LogP contribution in [0.1, 0.15) is 10.4 Å². The number of rotatable bonds is 6. The molecule has 32 heavy (non-hydrogen) atoms. The third-order valence-electron chi connectivity index (χ3n) is 4.98. The zero-order valence-electron chi connectivity index (χ0n) is 17.2. The largest absolute Gasteiger partial charge is 0.486 e. The third kappa shape index (κ3) is 4.66. The summed E-state index contributed by atoms with van der Waals surface area (Å²) in [4.78, 5) is 12.7. The molecule has 1 unspecified atom stereocenters. The van der Waals surface area contributed by atoms with E-state index in [1.54, 1.807) is 36.4 Å². The van der Waals surface area contributed by atoms with Crippen molar-refractivity contribution in [2.75, 3.05) is 24.5 Å². The topological polar surface area (TPSA) is 84.9 Å². The summed E-state index contributed by atoms with van der Waals surface area (Å²) in [6.45, 7) is 0.517. The molecule has 0 saturated carbocycles. The van der Waals surface area contributed by atoms with Gasteiger partial charge in [-0.25, -0.2) is 8.42 Å². The molecule has 0 saturated heterocycles. The summed E-state index contributed by atoms with van der Waals surface area (Å²) in [7, 11) is -2.45. The molecule has 0 bridgehead atoms. The molecule has 3 aromatic carbocycles. The first-order valence-electron chi connectivity index (χ1n) is 9.86. The average Bonchev–Trinajstić information content (AvgIpc) is 2.82. The maximum atomic E-state index is 13.1. The fraction of sp³-hybridized carbons (Fsp3) is 0.174. The van der Waals surface area contributed by atoms with Gasteiger partial charge >= 0.3 is 0 Å². The van der Waals surface area contributed by atoms with Crippen LogP contribution < -0.4 is 19.1 Å². The van der Waals surface area contributed by atoms with E-state index in [4.69, 9.17) is 21.1 Å². The van der Waals surface area contributed by atoms with Crippen LogP contribution >= 0.6 is 11.6 Å². The Kier molecular flexibility index (Phi) is 6.25. The zero-order valence-corrected chi connectivity index (χ0v) is 18.8. The quantitative estimate of drug-likeness (QED) is 0.590. The van der Waals surface area contributed by atoms with Crippen molar-refractivity contribution in [3.63, 3.8) is 0 Å². The number of nitrogens with zero attached hydrogens (tertiary/aromatic N) is 1. The monoisotopic (exact) mass is 472 g/mol. The number of para-hydroxylation sites is 2. The van der Waals surface area contributed by atoms with Gasteiger partial charge in [0.05, 0.1) is 17.1 Å². The third-order valence-corrected chi connectivity index (χ3v) is 7.00.